The van der Waals surface area contributed by atoms with Gasteiger partial charge in [-0.15, -0.1) is 11.3 Å². The second-order valence-corrected chi connectivity index (χ2v) is 6.27. The summed E-state index contributed by atoms with van der Waals surface area (Å²) in [6, 6.07) is 1.91. The minimum Gasteiger partial charge on any atom is -0.288 e. The molecule has 0 saturated heterocycles. The van der Waals surface area contributed by atoms with E-state index in [1.54, 1.807) is 34.4 Å². The van der Waals surface area contributed by atoms with Gasteiger partial charge in [-0.3, -0.25) is 9.48 Å². The van der Waals surface area contributed by atoms with Crippen LogP contribution in [0, 0.1) is 0 Å². The van der Waals surface area contributed by atoms with Crippen LogP contribution in [0.15, 0.2) is 29.0 Å². The number of hydrogen-bond acceptors (Lipinski definition) is 3. The fourth-order valence-electron chi connectivity index (χ4n) is 1.71. The van der Waals surface area contributed by atoms with Crippen LogP contribution in [0.3, 0.4) is 0 Å². The van der Waals surface area contributed by atoms with Crippen molar-refractivity contribution in [2.24, 2.45) is 7.05 Å². The Balaban J connectivity index is 2.11. The smallest absolute Gasteiger partial charge is 0.195 e. The molecule has 2 heterocycles. The van der Waals surface area contributed by atoms with Crippen LogP contribution < -0.4 is 0 Å². The van der Waals surface area contributed by atoms with Crippen molar-refractivity contribution in [2.75, 3.05) is 0 Å². The number of aromatic nitrogens is 2. The molecule has 2 rings (SSSR count). The van der Waals surface area contributed by atoms with Gasteiger partial charge in [0.15, 0.2) is 5.78 Å². The summed E-state index contributed by atoms with van der Waals surface area (Å²) in [4.78, 5) is 14.1. The highest BCUT2D eigenvalue weighted by Gasteiger charge is 2.10. The fraction of sp³-hybridized carbons (Fsp3) is 0.286. The van der Waals surface area contributed by atoms with Gasteiger partial charge in [0.25, 0.3) is 0 Å². The highest BCUT2D eigenvalue weighted by Crippen LogP contribution is 2.29. The number of carbonyl (C=O) groups is 1. The third-order valence-electron chi connectivity index (χ3n) is 2.63. The first kappa shape index (κ1) is 14.2. The molecule has 100 valence electrons. The van der Waals surface area contributed by atoms with E-state index in [1.807, 2.05) is 19.3 Å². The molecule has 0 saturated carbocycles. The van der Waals surface area contributed by atoms with Gasteiger partial charge in [0.05, 0.1) is 11.1 Å². The second-order valence-electron chi connectivity index (χ2n) is 4.28. The van der Waals surface area contributed by atoms with Crippen molar-refractivity contribution in [1.82, 2.24) is 9.78 Å². The molecule has 0 atom stereocenters. The van der Waals surface area contributed by atoms with E-state index in [0.29, 0.717) is 0 Å². The number of rotatable bonds is 5. The van der Waals surface area contributed by atoms with E-state index in [1.165, 1.54) is 4.88 Å². The molecular formula is C14H15BrN2OS. The highest BCUT2D eigenvalue weighted by molar-refractivity contribution is 9.10. The van der Waals surface area contributed by atoms with Gasteiger partial charge in [0.2, 0.25) is 0 Å². The normalized spacial score (nSPS) is 11.3. The van der Waals surface area contributed by atoms with Gasteiger partial charge in [-0.1, -0.05) is 13.3 Å². The lowest BCUT2D eigenvalue weighted by molar-refractivity contribution is 0.105. The van der Waals surface area contributed by atoms with Gasteiger partial charge in [-0.2, -0.15) is 5.10 Å². The Morgan fingerprint density at radius 3 is 3.00 bits per heavy atom. The van der Waals surface area contributed by atoms with Crippen LogP contribution in [0.2, 0.25) is 0 Å². The Hall–Kier alpha value is -1.20. The number of allylic oxidation sites excluding steroid dienone is 1. The van der Waals surface area contributed by atoms with Crippen molar-refractivity contribution in [3.05, 3.63) is 44.3 Å². The molecule has 2 aromatic rings. The van der Waals surface area contributed by atoms with E-state index in [0.717, 1.165) is 27.8 Å². The lowest BCUT2D eigenvalue weighted by atomic mass is 10.2. The Morgan fingerprint density at radius 2 is 2.37 bits per heavy atom. The van der Waals surface area contributed by atoms with Gasteiger partial charge >= 0.3 is 0 Å². The average molecular weight is 339 g/mol. The second kappa shape index (κ2) is 6.30. The van der Waals surface area contributed by atoms with E-state index in [4.69, 9.17) is 0 Å². The zero-order chi connectivity index (χ0) is 13.8. The molecule has 0 amide bonds. The molecule has 0 unspecified atom stereocenters. The number of ketones is 1. The topological polar surface area (TPSA) is 34.9 Å². The van der Waals surface area contributed by atoms with Crippen LogP contribution in [0.1, 0.15) is 33.5 Å². The van der Waals surface area contributed by atoms with Crippen molar-refractivity contribution in [1.29, 1.82) is 0 Å². The zero-order valence-corrected chi connectivity index (χ0v) is 13.3. The van der Waals surface area contributed by atoms with Gasteiger partial charge in [0.1, 0.15) is 0 Å². The number of nitrogens with zero attached hydrogens (tertiary/aromatic N) is 2. The summed E-state index contributed by atoms with van der Waals surface area (Å²) in [6.07, 6.45) is 9.09. The van der Waals surface area contributed by atoms with Crippen LogP contribution in [-0.4, -0.2) is 15.6 Å². The Bertz CT molecular complexity index is 613. The summed E-state index contributed by atoms with van der Waals surface area (Å²) in [6.45, 7) is 2.13. The molecule has 3 nitrogen and oxygen atoms in total. The Labute approximate surface area is 125 Å². The van der Waals surface area contributed by atoms with Crippen molar-refractivity contribution in [3.8, 4) is 0 Å². The predicted octanol–water partition coefficient (Wildman–Crippen LogP) is 4.09. The number of halogens is 1. The maximum absolute atomic E-state index is 12.1. The Morgan fingerprint density at radius 1 is 1.58 bits per heavy atom. The molecule has 0 fully saturated rings. The van der Waals surface area contributed by atoms with Crippen molar-refractivity contribution < 1.29 is 4.79 Å². The molecule has 0 radical (unpaired) electrons. The minimum atomic E-state index is 0.0388. The molecule has 0 aromatic carbocycles. The van der Waals surface area contributed by atoms with E-state index >= 15 is 0 Å². The molecule has 0 aliphatic heterocycles. The first-order chi connectivity index (χ1) is 9.10. The third kappa shape index (κ3) is 3.64. The molecule has 0 N–H and O–H groups in total. The lowest BCUT2D eigenvalue weighted by Crippen LogP contribution is -1.88. The quantitative estimate of drug-likeness (QED) is 0.607. The molecular weight excluding hydrogens is 324 g/mol. The lowest BCUT2D eigenvalue weighted by Gasteiger charge is -1.91. The first-order valence-electron chi connectivity index (χ1n) is 6.09. The minimum absolute atomic E-state index is 0.0388. The van der Waals surface area contributed by atoms with Gasteiger partial charge in [-0.25, -0.2) is 0 Å². The van der Waals surface area contributed by atoms with Crippen molar-refractivity contribution in [3.63, 3.8) is 0 Å². The van der Waals surface area contributed by atoms with Crippen LogP contribution in [0.25, 0.3) is 6.08 Å². The van der Waals surface area contributed by atoms with Crippen molar-refractivity contribution >= 4 is 39.1 Å². The van der Waals surface area contributed by atoms with E-state index in [2.05, 4.69) is 28.0 Å². The number of carbonyl (C=O) groups excluding carboxylic acids is 1. The standard InChI is InChI=1S/C14H15BrN2OS/c1-3-4-13-11(15)7-14(19-13)12(18)6-5-10-8-16-17(2)9-10/h5-9H,3-4H2,1-2H3/b6-5+. The van der Waals surface area contributed by atoms with E-state index in [9.17, 15) is 4.79 Å². The summed E-state index contributed by atoms with van der Waals surface area (Å²) in [5.74, 6) is 0.0388. The highest BCUT2D eigenvalue weighted by atomic mass is 79.9. The average Bonchev–Trinajstić information content (AvgIpc) is 2.94. The summed E-state index contributed by atoms with van der Waals surface area (Å²) in [5, 5.41) is 4.06. The van der Waals surface area contributed by atoms with Gasteiger partial charge < -0.3 is 0 Å². The first-order valence-corrected chi connectivity index (χ1v) is 7.70. The molecule has 0 spiro atoms. The molecule has 0 bridgehead atoms. The SMILES string of the molecule is CCCc1sc(C(=O)/C=C/c2cnn(C)c2)cc1Br. The summed E-state index contributed by atoms with van der Waals surface area (Å²) < 4.78 is 2.75. The largest absolute Gasteiger partial charge is 0.288 e. The molecule has 0 aliphatic carbocycles. The molecule has 0 aliphatic rings. The monoisotopic (exact) mass is 338 g/mol. The zero-order valence-electron chi connectivity index (χ0n) is 10.9. The van der Waals surface area contributed by atoms with Crippen LogP contribution in [0.4, 0.5) is 0 Å². The summed E-state index contributed by atoms with van der Waals surface area (Å²) in [7, 11) is 1.85. The molecule has 2 aromatic heterocycles. The number of aryl methyl sites for hydroxylation is 2. The molecule has 5 heteroatoms. The maximum Gasteiger partial charge on any atom is 0.195 e. The van der Waals surface area contributed by atoms with E-state index < -0.39 is 0 Å². The summed E-state index contributed by atoms with van der Waals surface area (Å²) in [5.41, 5.74) is 0.931. The third-order valence-corrected chi connectivity index (χ3v) is 4.81. The van der Waals surface area contributed by atoms with E-state index in [-0.39, 0.29) is 5.78 Å². The van der Waals surface area contributed by atoms with Crippen LogP contribution >= 0.6 is 27.3 Å². The molecule has 19 heavy (non-hydrogen) atoms. The number of hydrogen-bond donors (Lipinski definition) is 0. The predicted molar refractivity (Wildman–Crippen MR) is 82.6 cm³/mol. The van der Waals surface area contributed by atoms with Crippen LogP contribution in [-0.2, 0) is 13.5 Å². The van der Waals surface area contributed by atoms with Gasteiger partial charge in [0, 0.05) is 28.2 Å². The van der Waals surface area contributed by atoms with Gasteiger partial charge in [-0.05, 0) is 40.6 Å². The van der Waals surface area contributed by atoms with Crippen LogP contribution in [0.5, 0.6) is 0 Å². The fourth-order valence-corrected chi connectivity index (χ4v) is 3.60. The number of thiophene rings is 1. The Kier molecular flexibility index (Phi) is 4.71. The van der Waals surface area contributed by atoms with Crippen molar-refractivity contribution in [2.45, 2.75) is 19.8 Å². The maximum atomic E-state index is 12.1. The summed E-state index contributed by atoms with van der Waals surface area (Å²) >= 11 is 5.07.